The van der Waals surface area contributed by atoms with Gasteiger partial charge in [-0.2, -0.15) is 5.10 Å². The van der Waals surface area contributed by atoms with Crippen molar-refractivity contribution < 1.29 is 18.7 Å². The summed E-state index contributed by atoms with van der Waals surface area (Å²) in [6, 6.07) is 13.7. The van der Waals surface area contributed by atoms with Gasteiger partial charge in [0.1, 0.15) is 10.6 Å². The van der Waals surface area contributed by atoms with Crippen LogP contribution in [0.3, 0.4) is 0 Å². The zero-order valence-corrected chi connectivity index (χ0v) is 19.2. The van der Waals surface area contributed by atoms with E-state index in [0.29, 0.717) is 20.7 Å². The van der Waals surface area contributed by atoms with Crippen molar-refractivity contribution >= 4 is 68.8 Å². The molecule has 0 aliphatic heterocycles. The molecule has 31 heavy (non-hydrogen) atoms. The smallest absolute Gasteiger partial charge is 0.345 e. The molecule has 0 aliphatic rings. The first-order chi connectivity index (χ1) is 14.9. The maximum atomic E-state index is 12.4. The fourth-order valence-corrected chi connectivity index (χ4v) is 3.35. The number of carbonyl (C=O) groups excluding carboxylic acids is 2. The van der Waals surface area contributed by atoms with Crippen molar-refractivity contribution in [2.24, 2.45) is 5.10 Å². The van der Waals surface area contributed by atoms with Crippen LogP contribution < -0.4 is 10.7 Å². The summed E-state index contributed by atoms with van der Waals surface area (Å²) in [4.78, 5) is 24.7. The molecule has 0 unspecified atom stereocenters. The number of halogens is 3. The molecule has 0 saturated carbocycles. The van der Waals surface area contributed by atoms with Crippen LogP contribution in [0.5, 0.6) is 0 Å². The van der Waals surface area contributed by atoms with Crippen LogP contribution in [-0.2, 0) is 4.74 Å². The minimum Gasteiger partial charge on any atom is -0.462 e. The molecule has 0 radical (unpaired) electrons. The Kier molecular flexibility index (Phi) is 7.73. The lowest BCUT2D eigenvalue weighted by atomic mass is 10.2. The van der Waals surface area contributed by atoms with Crippen molar-refractivity contribution in [1.29, 1.82) is 0 Å². The predicted molar refractivity (Wildman–Crippen MR) is 124 cm³/mol. The molecule has 0 spiro atoms. The maximum Gasteiger partial charge on any atom is 0.345 e. The van der Waals surface area contributed by atoms with E-state index in [2.05, 4.69) is 31.8 Å². The number of esters is 1. The lowest BCUT2D eigenvalue weighted by Crippen LogP contribution is -2.18. The van der Waals surface area contributed by atoms with Gasteiger partial charge in [0.05, 0.1) is 18.4 Å². The number of hydrogen-bond acceptors (Lipinski definition) is 6. The van der Waals surface area contributed by atoms with Crippen molar-refractivity contribution in [2.45, 2.75) is 6.92 Å². The highest BCUT2D eigenvalue weighted by Gasteiger charge is 2.25. The van der Waals surface area contributed by atoms with Gasteiger partial charge >= 0.3 is 5.97 Å². The van der Waals surface area contributed by atoms with Crippen LogP contribution in [0, 0.1) is 0 Å². The molecule has 7 nitrogen and oxygen atoms in total. The second-order valence-corrected chi connectivity index (χ2v) is 7.68. The van der Waals surface area contributed by atoms with Crippen LogP contribution in [0.25, 0.3) is 0 Å². The third-order valence-electron chi connectivity index (χ3n) is 3.92. The molecule has 0 atom stereocenters. The molecule has 2 N–H and O–H groups in total. The number of amides is 1. The monoisotopic (exact) mass is 523 g/mol. The zero-order chi connectivity index (χ0) is 22.4. The Morgan fingerprint density at radius 1 is 1.16 bits per heavy atom. The summed E-state index contributed by atoms with van der Waals surface area (Å²) >= 11 is 15.5. The first-order valence-electron chi connectivity index (χ1n) is 9.00. The molecule has 10 heteroatoms. The summed E-state index contributed by atoms with van der Waals surface area (Å²) in [7, 11) is 0. The van der Waals surface area contributed by atoms with Crippen LogP contribution >= 0.6 is 39.1 Å². The van der Waals surface area contributed by atoms with Crippen LogP contribution in [0.4, 0.5) is 11.6 Å². The third kappa shape index (κ3) is 5.66. The highest BCUT2D eigenvalue weighted by atomic mass is 79.9. The van der Waals surface area contributed by atoms with Crippen molar-refractivity contribution in [3.63, 3.8) is 0 Å². The minimum absolute atomic E-state index is 0.00574. The first-order valence-corrected chi connectivity index (χ1v) is 10.6. The number of rotatable bonds is 7. The molecule has 0 aliphatic carbocycles. The van der Waals surface area contributed by atoms with E-state index in [1.54, 1.807) is 55.5 Å². The Balaban J connectivity index is 1.85. The average molecular weight is 525 g/mol. The molecule has 1 heterocycles. The Morgan fingerprint density at radius 3 is 2.55 bits per heavy atom. The minimum atomic E-state index is -0.662. The third-order valence-corrected chi connectivity index (χ3v) is 5.24. The molecule has 3 rings (SSSR count). The summed E-state index contributed by atoms with van der Waals surface area (Å²) in [5.74, 6) is -0.959. The highest BCUT2D eigenvalue weighted by molar-refractivity contribution is 9.10. The van der Waals surface area contributed by atoms with Gasteiger partial charge in [0.25, 0.3) is 5.91 Å². The van der Waals surface area contributed by atoms with Gasteiger partial charge in [0.15, 0.2) is 5.76 Å². The normalized spacial score (nSPS) is 10.8. The zero-order valence-electron chi connectivity index (χ0n) is 16.1. The fraction of sp³-hybridized carbons (Fsp3) is 0.0952. The number of hydrogen-bond donors (Lipinski definition) is 2. The molecule has 0 saturated heterocycles. The van der Waals surface area contributed by atoms with Crippen molar-refractivity contribution in [3.05, 3.63) is 79.9 Å². The number of carbonyl (C=O) groups is 2. The summed E-state index contributed by atoms with van der Waals surface area (Å²) in [5, 5.41) is 7.40. The van der Waals surface area contributed by atoms with Crippen molar-refractivity contribution in [2.75, 3.05) is 11.9 Å². The summed E-state index contributed by atoms with van der Waals surface area (Å²) in [6.07, 6.45) is 1.20. The number of nitrogens with one attached hydrogen (secondary N) is 2. The second-order valence-electron chi connectivity index (χ2n) is 6.02. The lowest BCUT2D eigenvalue weighted by molar-refractivity contribution is 0.0527. The van der Waals surface area contributed by atoms with Crippen LogP contribution in [0.2, 0.25) is 10.0 Å². The number of anilines is 2. The Hall–Kier alpha value is -2.81. The standard InChI is InChI=1S/C21H16BrCl2N3O4/c1-2-30-21(29)17-18(24)16(31-20(17)26-13-9-7-12(23)8-10-13)11-25-27-19(28)14-5-3-4-6-15(14)22/h3-11,26H,2H2,1H3,(H,27,28)/b25-11-. The summed E-state index contributed by atoms with van der Waals surface area (Å²) in [5.41, 5.74) is 3.42. The quantitative estimate of drug-likeness (QED) is 0.223. The van der Waals surface area contributed by atoms with Crippen molar-refractivity contribution in [3.8, 4) is 0 Å². The number of benzene rings is 2. The molecule has 1 amide bonds. The number of hydrazone groups is 1. The largest absolute Gasteiger partial charge is 0.462 e. The molecule has 0 bridgehead atoms. The summed E-state index contributed by atoms with van der Waals surface area (Å²) < 4.78 is 11.4. The van der Waals surface area contributed by atoms with Crippen LogP contribution in [-0.4, -0.2) is 24.7 Å². The SMILES string of the molecule is CCOC(=O)c1c(Nc2ccc(Cl)cc2)oc(/C=N\NC(=O)c2ccccc2Br)c1Cl. The van der Waals surface area contributed by atoms with E-state index < -0.39 is 11.9 Å². The van der Waals surface area contributed by atoms with Gasteiger partial charge in [0.2, 0.25) is 5.88 Å². The highest BCUT2D eigenvalue weighted by Crippen LogP contribution is 2.34. The average Bonchev–Trinajstić information content (AvgIpc) is 3.05. The molecule has 160 valence electrons. The van der Waals surface area contributed by atoms with E-state index >= 15 is 0 Å². The van der Waals surface area contributed by atoms with Crippen molar-refractivity contribution in [1.82, 2.24) is 5.43 Å². The fourth-order valence-electron chi connectivity index (χ4n) is 2.50. The molecule has 2 aromatic carbocycles. The molecular formula is C21H16BrCl2N3O4. The molecule has 3 aromatic rings. The van der Waals surface area contributed by atoms with Gasteiger partial charge in [-0.1, -0.05) is 35.3 Å². The van der Waals surface area contributed by atoms with Gasteiger partial charge in [-0.15, -0.1) is 0 Å². The van der Waals surface area contributed by atoms with Gasteiger partial charge < -0.3 is 14.5 Å². The van der Waals surface area contributed by atoms with E-state index in [4.69, 9.17) is 32.4 Å². The number of furan rings is 1. The van der Waals surface area contributed by atoms with E-state index in [-0.39, 0.29) is 28.8 Å². The molecule has 1 aromatic heterocycles. The topological polar surface area (TPSA) is 92.9 Å². The van der Waals surface area contributed by atoms with Crippen LogP contribution in [0.1, 0.15) is 33.4 Å². The Labute approximate surface area is 196 Å². The first kappa shape index (κ1) is 22.9. The molecule has 0 fully saturated rings. The van der Waals surface area contributed by atoms with E-state index in [0.717, 1.165) is 0 Å². The van der Waals surface area contributed by atoms with Gasteiger partial charge in [-0.25, -0.2) is 10.2 Å². The second kappa shape index (κ2) is 10.5. The van der Waals surface area contributed by atoms with Gasteiger partial charge in [0, 0.05) is 15.2 Å². The predicted octanol–water partition coefficient (Wildman–Crippen LogP) is 6.03. The van der Waals surface area contributed by atoms with E-state index in [1.165, 1.54) is 6.21 Å². The van der Waals surface area contributed by atoms with Gasteiger partial charge in [-0.3, -0.25) is 4.79 Å². The van der Waals surface area contributed by atoms with E-state index in [1.807, 2.05) is 0 Å². The summed E-state index contributed by atoms with van der Waals surface area (Å²) in [6.45, 7) is 1.84. The Bertz CT molecular complexity index is 1130. The Morgan fingerprint density at radius 2 is 1.87 bits per heavy atom. The maximum absolute atomic E-state index is 12.4. The number of nitrogens with zero attached hydrogens (tertiary/aromatic N) is 1. The van der Waals surface area contributed by atoms with E-state index in [9.17, 15) is 9.59 Å². The number of ether oxygens (including phenoxy) is 1. The van der Waals surface area contributed by atoms with Gasteiger partial charge in [-0.05, 0) is 59.3 Å². The molecular weight excluding hydrogens is 509 g/mol. The van der Waals surface area contributed by atoms with Crippen LogP contribution in [0.15, 0.2) is 62.5 Å². The lowest BCUT2D eigenvalue weighted by Gasteiger charge is -2.06.